The predicted molar refractivity (Wildman–Crippen MR) is 66.4 cm³/mol. The van der Waals surface area contributed by atoms with Gasteiger partial charge in [-0.05, 0) is 17.7 Å². The fourth-order valence-corrected chi connectivity index (χ4v) is 2.12. The maximum atomic E-state index is 11.3. The quantitative estimate of drug-likeness (QED) is 0.815. The molecule has 1 amide bonds. The Bertz CT molecular complexity index is 456. The number of carboxylic acid groups (broad SMARTS) is 1. The molecule has 5 heteroatoms. The van der Waals surface area contributed by atoms with E-state index in [1.807, 2.05) is 0 Å². The van der Waals surface area contributed by atoms with E-state index < -0.39 is 5.97 Å². The third-order valence-corrected chi connectivity index (χ3v) is 3.18. The summed E-state index contributed by atoms with van der Waals surface area (Å²) in [4.78, 5) is 23.9. The number of nitrogens with zero attached hydrogens (tertiary/aromatic N) is 1. The molecule has 1 fully saturated rings. The van der Waals surface area contributed by atoms with E-state index in [1.54, 1.807) is 36.1 Å². The first-order chi connectivity index (χ1) is 8.58. The molecule has 0 radical (unpaired) electrons. The van der Waals surface area contributed by atoms with Gasteiger partial charge in [-0.2, -0.15) is 0 Å². The van der Waals surface area contributed by atoms with Crippen LogP contribution in [0.15, 0.2) is 24.3 Å². The van der Waals surface area contributed by atoms with Crippen LogP contribution >= 0.6 is 0 Å². The highest BCUT2D eigenvalue weighted by molar-refractivity contribution is 5.87. The smallest absolute Gasteiger partial charge is 0.335 e. The molecule has 1 heterocycles. The van der Waals surface area contributed by atoms with E-state index >= 15 is 0 Å². The standard InChI is InChI=1S/C13H16N2O3/c1-9(16)15-7-6-14-12(8-15)10-2-4-11(5-3-10)13(17)18/h2-5,12,14H,6-8H2,1H3,(H,17,18). The molecule has 1 aromatic rings. The first kappa shape index (κ1) is 12.6. The summed E-state index contributed by atoms with van der Waals surface area (Å²) in [7, 11) is 0. The summed E-state index contributed by atoms with van der Waals surface area (Å²) in [6.45, 7) is 3.67. The normalized spacial score (nSPS) is 19.6. The lowest BCUT2D eigenvalue weighted by atomic mass is 10.0. The lowest BCUT2D eigenvalue weighted by molar-refractivity contribution is -0.130. The summed E-state index contributed by atoms with van der Waals surface area (Å²) in [5.74, 6) is -0.854. The molecule has 1 atom stereocenters. The Morgan fingerprint density at radius 2 is 2.00 bits per heavy atom. The minimum atomic E-state index is -0.927. The van der Waals surface area contributed by atoms with Gasteiger partial charge < -0.3 is 15.3 Å². The van der Waals surface area contributed by atoms with Gasteiger partial charge in [-0.25, -0.2) is 4.79 Å². The number of benzene rings is 1. The van der Waals surface area contributed by atoms with Crippen LogP contribution in [0.5, 0.6) is 0 Å². The Balaban J connectivity index is 2.11. The SMILES string of the molecule is CC(=O)N1CCNC(c2ccc(C(=O)O)cc2)C1. The van der Waals surface area contributed by atoms with Crippen LogP contribution in [-0.2, 0) is 4.79 Å². The number of rotatable bonds is 2. The van der Waals surface area contributed by atoms with Gasteiger partial charge in [0.15, 0.2) is 0 Å². The fraction of sp³-hybridized carbons (Fsp3) is 0.385. The van der Waals surface area contributed by atoms with Crippen molar-refractivity contribution in [3.8, 4) is 0 Å². The summed E-state index contributed by atoms with van der Waals surface area (Å²) in [6.07, 6.45) is 0. The van der Waals surface area contributed by atoms with Crippen molar-refractivity contribution in [3.63, 3.8) is 0 Å². The molecule has 2 N–H and O–H groups in total. The Labute approximate surface area is 105 Å². The second-order valence-corrected chi connectivity index (χ2v) is 4.40. The largest absolute Gasteiger partial charge is 0.478 e. The molecule has 1 saturated heterocycles. The highest BCUT2D eigenvalue weighted by atomic mass is 16.4. The van der Waals surface area contributed by atoms with Gasteiger partial charge in [0.05, 0.1) is 5.56 Å². The Morgan fingerprint density at radius 3 is 2.56 bits per heavy atom. The van der Waals surface area contributed by atoms with Gasteiger partial charge in [0, 0.05) is 32.6 Å². The van der Waals surface area contributed by atoms with Gasteiger partial charge >= 0.3 is 5.97 Å². The highest BCUT2D eigenvalue weighted by Crippen LogP contribution is 2.18. The number of aromatic carboxylic acids is 1. The third-order valence-electron chi connectivity index (χ3n) is 3.18. The zero-order valence-corrected chi connectivity index (χ0v) is 10.2. The van der Waals surface area contributed by atoms with Crippen molar-refractivity contribution in [2.24, 2.45) is 0 Å². The number of hydrogen-bond donors (Lipinski definition) is 2. The van der Waals surface area contributed by atoms with Crippen molar-refractivity contribution in [1.82, 2.24) is 10.2 Å². The van der Waals surface area contributed by atoms with Crippen molar-refractivity contribution in [3.05, 3.63) is 35.4 Å². The predicted octanol–water partition coefficient (Wildman–Crippen LogP) is 0.878. The van der Waals surface area contributed by atoms with Crippen LogP contribution in [0, 0.1) is 0 Å². The van der Waals surface area contributed by atoms with Gasteiger partial charge in [0.2, 0.25) is 5.91 Å². The zero-order valence-electron chi connectivity index (χ0n) is 10.2. The van der Waals surface area contributed by atoms with E-state index in [9.17, 15) is 9.59 Å². The fourth-order valence-electron chi connectivity index (χ4n) is 2.12. The Hall–Kier alpha value is -1.88. The first-order valence-electron chi connectivity index (χ1n) is 5.90. The zero-order chi connectivity index (χ0) is 13.1. The van der Waals surface area contributed by atoms with E-state index in [-0.39, 0.29) is 17.5 Å². The number of nitrogens with one attached hydrogen (secondary N) is 1. The number of carbonyl (C=O) groups is 2. The van der Waals surface area contributed by atoms with Crippen LogP contribution < -0.4 is 5.32 Å². The molecule has 5 nitrogen and oxygen atoms in total. The molecule has 0 aromatic heterocycles. The molecular formula is C13H16N2O3. The molecule has 1 aliphatic rings. The number of piperazine rings is 1. The maximum Gasteiger partial charge on any atom is 0.335 e. The second kappa shape index (κ2) is 5.18. The van der Waals surface area contributed by atoms with Crippen molar-refractivity contribution < 1.29 is 14.7 Å². The average Bonchev–Trinajstić information content (AvgIpc) is 2.39. The van der Waals surface area contributed by atoms with Crippen LogP contribution in [-0.4, -0.2) is 41.5 Å². The second-order valence-electron chi connectivity index (χ2n) is 4.40. The minimum Gasteiger partial charge on any atom is -0.478 e. The first-order valence-corrected chi connectivity index (χ1v) is 5.90. The van der Waals surface area contributed by atoms with E-state index in [0.717, 1.165) is 18.7 Å². The van der Waals surface area contributed by atoms with Crippen molar-refractivity contribution in [1.29, 1.82) is 0 Å². The molecule has 1 aromatic carbocycles. The van der Waals surface area contributed by atoms with Crippen molar-refractivity contribution >= 4 is 11.9 Å². The molecule has 1 aliphatic heterocycles. The number of amides is 1. The van der Waals surface area contributed by atoms with Gasteiger partial charge in [-0.3, -0.25) is 4.79 Å². The van der Waals surface area contributed by atoms with Crippen LogP contribution in [0.25, 0.3) is 0 Å². The lowest BCUT2D eigenvalue weighted by Gasteiger charge is -2.33. The third kappa shape index (κ3) is 2.68. The van der Waals surface area contributed by atoms with Crippen LogP contribution in [0.2, 0.25) is 0 Å². The lowest BCUT2D eigenvalue weighted by Crippen LogP contribution is -2.47. The Morgan fingerprint density at radius 1 is 1.33 bits per heavy atom. The summed E-state index contributed by atoms with van der Waals surface area (Å²) >= 11 is 0. The van der Waals surface area contributed by atoms with Crippen molar-refractivity contribution in [2.75, 3.05) is 19.6 Å². The average molecular weight is 248 g/mol. The highest BCUT2D eigenvalue weighted by Gasteiger charge is 2.22. The van der Waals surface area contributed by atoms with E-state index in [1.165, 1.54) is 0 Å². The van der Waals surface area contributed by atoms with Crippen LogP contribution in [0.4, 0.5) is 0 Å². The van der Waals surface area contributed by atoms with E-state index in [4.69, 9.17) is 5.11 Å². The van der Waals surface area contributed by atoms with Crippen LogP contribution in [0.3, 0.4) is 0 Å². The molecule has 0 saturated carbocycles. The number of carboxylic acids is 1. The molecule has 18 heavy (non-hydrogen) atoms. The number of carbonyl (C=O) groups excluding carboxylic acids is 1. The molecule has 1 unspecified atom stereocenters. The summed E-state index contributed by atoms with van der Waals surface area (Å²) < 4.78 is 0. The molecular weight excluding hydrogens is 232 g/mol. The topological polar surface area (TPSA) is 69.6 Å². The maximum absolute atomic E-state index is 11.3. The molecule has 0 bridgehead atoms. The van der Waals surface area contributed by atoms with Crippen LogP contribution in [0.1, 0.15) is 28.9 Å². The summed E-state index contributed by atoms with van der Waals surface area (Å²) in [5.41, 5.74) is 1.28. The Kier molecular flexibility index (Phi) is 3.62. The summed E-state index contributed by atoms with van der Waals surface area (Å²) in [6, 6.07) is 6.85. The summed E-state index contributed by atoms with van der Waals surface area (Å²) in [5, 5.41) is 12.2. The molecule has 0 aliphatic carbocycles. The molecule has 96 valence electrons. The van der Waals surface area contributed by atoms with Gasteiger partial charge in [0.25, 0.3) is 0 Å². The minimum absolute atomic E-state index is 0.0728. The van der Waals surface area contributed by atoms with Gasteiger partial charge in [0.1, 0.15) is 0 Å². The van der Waals surface area contributed by atoms with E-state index in [0.29, 0.717) is 6.54 Å². The van der Waals surface area contributed by atoms with Gasteiger partial charge in [-0.15, -0.1) is 0 Å². The van der Waals surface area contributed by atoms with E-state index in [2.05, 4.69) is 5.32 Å². The number of hydrogen-bond acceptors (Lipinski definition) is 3. The van der Waals surface area contributed by atoms with Crippen molar-refractivity contribution in [2.45, 2.75) is 13.0 Å². The van der Waals surface area contributed by atoms with Gasteiger partial charge in [-0.1, -0.05) is 12.1 Å². The molecule has 2 rings (SSSR count). The molecule has 0 spiro atoms. The monoisotopic (exact) mass is 248 g/mol.